The van der Waals surface area contributed by atoms with Crippen molar-refractivity contribution in [1.29, 1.82) is 0 Å². The Morgan fingerprint density at radius 2 is 1.92 bits per heavy atom. The molecule has 0 bridgehead atoms. The molecular formula is C20H23FN4O. The molecule has 0 radical (unpaired) electrons. The number of aromatic nitrogens is 2. The third-order valence-corrected chi connectivity index (χ3v) is 4.39. The molecule has 6 heteroatoms. The van der Waals surface area contributed by atoms with Gasteiger partial charge >= 0.3 is 0 Å². The topological polar surface area (TPSA) is 67.2 Å². The summed E-state index contributed by atoms with van der Waals surface area (Å²) in [6.45, 7) is 4.90. The molecule has 0 unspecified atom stereocenters. The van der Waals surface area contributed by atoms with E-state index in [1.54, 1.807) is 6.07 Å². The molecule has 2 heterocycles. The van der Waals surface area contributed by atoms with E-state index >= 15 is 0 Å². The maximum atomic E-state index is 14.1. The second-order valence-corrected chi connectivity index (χ2v) is 6.61. The minimum absolute atomic E-state index is 0.241. The lowest BCUT2D eigenvalue weighted by atomic mass is 10.0. The van der Waals surface area contributed by atoms with Crippen molar-refractivity contribution in [2.45, 2.75) is 46.1 Å². The Morgan fingerprint density at radius 1 is 1.15 bits per heavy atom. The van der Waals surface area contributed by atoms with Crippen LogP contribution in [0.4, 0.5) is 4.39 Å². The molecule has 1 aromatic heterocycles. The van der Waals surface area contributed by atoms with Crippen LogP contribution in [0, 0.1) is 19.7 Å². The largest absolute Gasteiger partial charge is 0.345 e. The fourth-order valence-corrected chi connectivity index (χ4v) is 3.13. The molecular weight excluding hydrogens is 331 g/mol. The first-order valence-electron chi connectivity index (χ1n) is 8.91. The van der Waals surface area contributed by atoms with Gasteiger partial charge in [0.25, 0.3) is 5.91 Å². The molecule has 5 nitrogen and oxygen atoms in total. The van der Waals surface area contributed by atoms with Gasteiger partial charge in [-0.05, 0) is 69.4 Å². The maximum Gasteiger partial charge on any atom is 0.251 e. The van der Waals surface area contributed by atoms with Crippen molar-refractivity contribution < 1.29 is 9.18 Å². The van der Waals surface area contributed by atoms with Crippen LogP contribution in [0.25, 0.3) is 0 Å². The highest BCUT2D eigenvalue weighted by Gasteiger charge is 2.12. The Bertz CT molecular complexity index is 827. The molecule has 2 aromatic rings. The zero-order valence-corrected chi connectivity index (χ0v) is 15.2. The van der Waals surface area contributed by atoms with Gasteiger partial charge in [-0.1, -0.05) is 0 Å². The quantitative estimate of drug-likeness (QED) is 0.865. The summed E-state index contributed by atoms with van der Waals surface area (Å²) in [6, 6.07) is 6.37. The molecule has 1 N–H and O–H groups in total. The minimum atomic E-state index is -0.280. The number of hydrogen-bond acceptors (Lipinski definition) is 4. The predicted octanol–water partition coefficient (Wildman–Crippen LogP) is 3.33. The van der Waals surface area contributed by atoms with Gasteiger partial charge < -0.3 is 5.32 Å². The van der Waals surface area contributed by atoms with Gasteiger partial charge in [-0.2, -0.15) is 0 Å². The number of carbonyl (C=O) groups excluding carboxylic acids is 1. The van der Waals surface area contributed by atoms with Crippen LogP contribution in [-0.4, -0.2) is 28.1 Å². The fraction of sp³-hybridized carbons (Fsp3) is 0.400. The Morgan fingerprint density at radius 3 is 2.62 bits per heavy atom. The zero-order chi connectivity index (χ0) is 18.5. The van der Waals surface area contributed by atoms with Crippen molar-refractivity contribution in [3.8, 4) is 0 Å². The molecule has 0 aliphatic carbocycles. The summed E-state index contributed by atoms with van der Waals surface area (Å²) < 4.78 is 14.1. The lowest BCUT2D eigenvalue weighted by Gasteiger charge is -2.09. The number of carbonyl (C=O) groups is 1. The van der Waals surface area contributed by atoms with E-state index in [1.165, 1.54) is 12.1 Å². The Balaban J connectivity index is 1.64. The SMILES string of the molecule is Cc1cc(C)nc(CNC(=O)c2ccc(F)c(CCC3=NCCC3)c2)n1. The summed E-state index contributed by atoms with van der Waals surface area (Å²) in [6.07, 6.45) is 3.39. The Labute approximate surface area is 152 Å². The lowest BCUT2D eigenvalue weighted by molar-refractivity contribution is 0.0949. The minimum Gasteiger partial charge on any atom is -0.345 e. The molecule has 1 amide bonds. The van der Waals surface area contributed by atoms with Crippen LogP contribution in [-0.2, 0) is 13.0 Å². The first-order valence-corrected chi connectivity index (χ1v) is 8.91. The van der Waals surface area contributed by atoms with Crippen molar-refractivity contribution in [3.63, 3.8) is 0 Å². The number of hydrogen-bond donors (Lipinski definition) is 1. The Kier molecular flexibility index (Phi) is 5.71. The van der Waals surface area contributed by atoms with Crippen LogP contribution in [0.5, 0.6) is 0 Å². The van der Waals surface area contributed by atoms with E-state index in [9.17, 15) is 9.18 Å². The number of amides is 1. The number of nitrogens with zero attached hydrogens (tertiary/aromatic N) is 3. The summed E-state index contributed by atoms with van der Waals surface area (Å²) in [7, 11) is 0. The highest BCUT2D eigenvalue weighted by Crippen LogP contribution is 2.16. The monoisotopic (exact) mass is 354 g/mol. The summed E-state index contributed by atoms with van der Waals surface area (Å²) in [5.41, 5.74) is 3.86. The molecule has 1 aliphatic heterocycles. The molecule has 136 valence electrons. The average Bonchev–Trinajstić information content (AvgIpc) is 3.11. The van der Waals surface area contributed by atoms with E-state index in [-0.39, 0.29) is 18.3 Å². The number of nitrogens with one attached hydrogen (secondary N) is 1. The van der Waals surface area contributed by atoms with E-state index in [2.05, 4.69) is 20.3 Å². The number of aryl methyl sites for hydroxylation is 3. The molecule has 26 heavy (non-hydrogen) atoms. The van der Waals surface area contributed by atoms with Gasteiger partial charge in [0.15, 0.2) is 0 Å². The van der Waals surface area contributed by atoms with Crippen LogP contribution in [0.1, 0.15) is 52.4 Å². The normalized spacial score (nSPS) is 13.6. The maximum absolute atomic E-state index is 14.1. The van der Waals surface area contributed by atoms with E-state index in [1.807, 2.05) is 19.9 Å². The van der Waals surface area contributed by atoms with Gasteiger partial charge in [0, 0.05) is 29.2 Å². The van der Waals surface area contributed by atoms with Gasteiger partial charge in [0.05, 0.1) is 6.54 Å². The summed E-state index contributed by atoms with van der Waals surface area (Å²) in [5, 5.41) is 2.80. The van der Waals surface area contributed by atoms with Gasteiger partial charge in [-0.15, -0.1) is 0 Å². The number of rotatable bonds is 6. The molecule has 1 aliphatic rings. The van der Waals surface area contributed by atoms with Crippen molar-refractivity contribution in [2.75, 3.05) is 6.54 Å². The van der Waals surface area contributed by atoms with Crippen LogP contribution < -0.4 is 5.32 Å². The highest BCUT2D eigenvalue weighted by atomic mass is 19.1. The smallest absolute Gasteiger partial charge is 0.251 e. The van der Waals surface area contributed by atoms with Crippen LogP contribution in [0.15, 0.2) is 29.3 Å². The summed E-state index contributed by atoms with van der Waals surface area (Å²) >= 11 is 0. The second kappa shape index (κ2) is 8.17. The van der Waals surface area contributed by atoms with E-state index < -0.39 is 0 Å². The summed E-state index contributed by atoms with van der Waals surface area (Å²) in [4.78, 5) is 25.4. The van der Waals surface area contributed by atoms with Crippen LogP contribution in [0.3, 0.4) is 0 Å². The predicted molar refractivity (Wildman–Crippen MR) is 98.9 cm³/mol. The molecule has 0 saturated carbocycles. The van der Waals surface area contributed by atoms with E-state index in [4.69, 9.17) is 0 Å². The van der Waals surface area contributed by atoms with Crippen LogP contribution in [0.2, 0.25) is 0 Å². The fourth-order valence-electron chi connectivity index (χ4n) is 3.13. The van der Waals surface area contributed by atoms with Crippen LogP contribution >= 0.6 is 0 Å². The average molecular weight is 354 g/mol. The highest BCUT2D eigenvalue weighted by molar-refractivity contribution is 5.94. The van der Waals surface area contributed by atoms with Crippen molar-refractivity contribution in [3.05, 3.63) is 58.4 Å². The zero-order valence-electron chi connectivity index (χ0n) is 15.2. The Hall–Kier alpha value is -2.63. The molecule has 1 aromatic carbocycles. The van der Waals surface area contributed by atoms with Gasteiger partial charge in [0.1, 0.15) is 11.6 Å². The number of aliphatic imine (C=N–C) groups is 1. The first kappa shape index (κ1) is 18.2. The first-order chi connectivity index (χ1) is 12.5. The van der Waals surface area contributed by atoms with Gasteiger partial charge in [-0.3, -0.25) is 9.79 Å². The molecule has 0 saturated heterocycles. The lowest BCUT2D eigenvalue weighted by Crippen LogP contribution is -2.24. The van der Waals surface area contributed by atoms with Gasteiger partial charge in [0.2, 0.25) is 0 Å². The third-order valence-electron chi connectivity index (χ3n) is 4.39. The summed E-state index contributed by atoms with van der Waals surface area (Å²) in [5.74, 6) is 0.0300. The molecule has 0 atom stereocenters. The number of benzene rings is 1. The van der Waals surface area contributed by atoms with Crippen molar-refractivity contribution >= 4 is 11.6 Å². The van der Waals surface area contributed by atoms with Gasteiger partial charge in [-0.25, -0.2) is 14.4 Å². The van der Waals surface area contributed by atoms with Crippen molar-refractivity contribution in [2.24, 2.45) is 4.99 Å². The number of halogens is 1. The van der Waals surface area contributed by atoms with E-state index in [0.717, 1.165) is 42.9 Å². The molecule has 3 rings (SSSR count). The molecule has 0 fully saturated rings. The standard InChI is InChI=1S/C20H23FN4O/c1-13-10-14(2)25-19(24-13)12-23-20(26)16-6-8-18(21)15(11-16)5-7-17-4-3-9-22-17/h6,8,10-11H,3-5,7,9,12H2,1-2H3,(H,23,26). The second-order valence-electron chi connectivity index (χ2n) is 6.61. The van der Waals surface area contributed by atoms with E-state index in [0.29, 0.717) is 23.4 Å². The van der Waals surface area contributed by atoms with Crippen molar-refractivity contribution in [1.82, 2.24) is 15.3 Å². The molecule has 0 spiro atoms. The third kappa shape index (κ3) is 4.71.